The minimum absolute atomic E-state index is 0.0550. The van der Waals surface area contributed by atoms with Gasteiger partial charge in [-0.1, -0.05) is 36.7 Å². The highest BCUT2D eigenvalue weighted by atomic mass is 19.1. The molecule has 0 radical (unpaired) electrons. The van der Waals surface area contributed by atoms with Gasteiger partial charge in [0.05, 0.1) is 18.7 Å². The number of urea groups is 1. The SMILES string of the molecule is CCCCN1C(=O)NC(c2ccc(OC)c(O)c2)C(c2nc(-c3cccc(F)c3)no2)=C1C. The fourth-order valence-corrected chi connectivity index (χ4v) is 3.86. The third kappa shape index (κ3) is 4.39. The molecule has 0 fully saturated rings. The van der Waals surface area contributed by atoms with E-state index in [1.165, 1.54) is 25.3 Å². The highest BCUT2D eigenvalue weighted by molar-refractivity contribution is 5.87. The van der Waals surface area contributed by atoms with Crippen LogP contribution in [-0.4, -0.2) is 39.8 Å². The van der Waals surface area contributed by atoms with E-state index in [1.54, 1.807) is 29.2 Å². The summed E-state index contributed by atoms with van der Waals surface area (Å²) in [5, 5.41) is 17.3. The Labute approximate surface area is 190 Å². The minimum atomic E-state index is -0.645. The van der Waals surface area contributed by atoms with Gasteiger partial charge in [-0.2, -0.15) is 4.98 Å². The number of rotatable bonds is 7. The highest BCUT2D eigenvalue weighted by Crippen LogP contribution is 2.39. The lowest BCUT2D eigenvalue weighted by Gasteiger charge is -2.35. The molecule has 8 nitrogen and oxygen atoms in total. The number of allylic oxidation sites excluding steroid dienone is 1. The smallest absolute Gasteiger partial charge is 0.322 e. The summed E-state index contributed by atoms with van der Waals surface area (Å²) in [4.78, 5) is 19.1. The summed E-state index contributed by atoms with van der Waals surface area (Å²) < 4.78 is 24.4. The summed E-state index contributed by atoms with van der Waals surface area (Å²) in [6.07, 6.45) is 1.75. The summed E-state index contributed by atoms with van der Waals surface area (Å²) in [6, 6.07) is 9.93. The third-order valence-electron chi connectivity index (χ3n) is 5.61. The first kappa shape index (κ1) is 22.3. The van der Waals surface area contributed by atoms with Crippen molar-refractivity contribution in [2.45, 2.75) is 32.7 Å². The lowest BCUT2D eigenvalue weighted by Crippen LogP contribution is -2.46. The molecule has 0 saturated carbocycles. The van der Waals surface area contributed by atoms with Gasteiger partial charge in [0.25, 0.3) is 5.89 Å². The Bertz CT molecular complexity index is 1210. The number of nitrogens with zero attached hydrogens (tertiary/aromatic N) is 3. The van der Waals surface area contributed by atoms with Crippen LogP contribution in [0.3, 0.4) is 0 Å². The quantitative estimate of drug-likeness (QED) is 0.530. The Morgan fingerprint density at radius 2 is 2.09 bits per heavy atom. The van der Waals surface area contributed by atoms with Crippen LogP contribution in [0.25, 0.3) is 17.0 Å². The second kappa shape index (κ2) is 9.32. The summed E-state index contributed by atoms with van der Waals surface area (Å²) in [5.74, 6) is 0.294. The molecule has 3 aromatic rings. The molecule has 172 valence electrons. The van der Waals surface area contributed by atoms with Crippen molar-refractivity contribution >= 4 is 11.6 Å². The zero-order chi connectivity index (χ0) is 23.5. The Kier molecular flexibility index (Phi) is 6.30. The van der Waals surface area contributed by atoms with Gasteiger partial charge in [0.2, 0.25) is 5.82 Å². The van der Waals surface area contributed by atoms with Gasteiger partial charge in [-0.25, -0.2) is 9.18 Å². The van der Waals surface area contributed by atoms with E-state index in [9.17, 15) is 14.3 Å². The van der Waals surface area contributed by atoms with E-state index in [1.807, 2.05) is 13.8 Å². The first-order chi connectivity index (χ1) is 15.9. The molecular weight excluding hydrogens is 427 g/mol. The molecule has 0 aliphatic carbocycles. The van der Waals surface area contributed by atoms with Crippen molar-refractivity contribution in [3.8, 4) is 22.9 Å². The zero-order valence-corrected chi connectivity index (χ0v) is 18.6. The third-order valence-corrected chi connectivity index (χ3v) is 5.61. The number of carbonyl (C=O) groups is 1. The Morgan fingerprint density at radius 3 is 2.79 bits per heavy atom. The van der Waals surface area contributed by atoms with Crippen LogP contribution in [-0.2, 0) is 0 Å². The summed E-state index contributed by atoms with van der Waals surface area (Å²) in [7, 11) is 1.46. The summed E-state index contributed by atoms with van der Waals surface area (Å²) >= 11 is 0. The van der Waals surface area contributed by atoms with Gasteiger partial charge < -0.3 is 19.7 Å². The molecule has 1 aromatic heterocycles. The molecule has 0 spiro atoms. The average molecular weight is 452 g/mol. The second-order valence-corrected chi connectivity index (χ2v) is 7.75. The first-order valence-electron chi connectivity index (χ1n) is 10.7. The van der Waals surface area contributed by atoms with Gasteiger partial charge in [0, 0.05) is 17.8 Å². The van der Waals surface area contributed by atoms with Crippen molar-refractivity contribution in [1.82, 2.24) is 20.4 Å². The van der Waals surface area contributed by atoms with Crippen LogP contribution in [0.2, 0.25) is 0 Å². The maximum absolute atomic E-state index is 13.7. The molecule has 2 N–H and O–H groups in total. The molecule has 2 aromatic carbocycles. The van der Waals surface area contributed by atoms with E-state index in [-0.39, 0.29) is 23.5 Å². The molecule has 9 heteroatoms. The number of hydrogen-bond acceptors (Lipinski definition) is 6. The number of aromatic hydroxyl groups is 1. The van der Waals surface area contributed by atoms with Crippen molar-refractivity contribution < 1.29 is 23.6 Å². The molecule has 1 unspecified atom stereocenters. The predicted molar refractivity (Wildman–Crippen MR) is 120 cm³/mol. The number of methoxy groups -OCH3 is 1. The predicted octanol–water partition coefficient (Wildman–Crippen LogP) is 4.89. The highest BCUT2D eigenvalue weighted by Gasteiger charge is 2.35. The molecule has 0 saturated heterocycles. The molecule has 33 heavy (non-hydrogen) atoms. The number of phenols is 1. The normalized spacial score (nSPS) is 16.2. The van der Waals surface area contributed by atoms with Crippen molar-refractivity contribution in [3.05, 3.63) is 65.4 Å². The van der Waals surface area contributed by atoms with Gasteiger partial charge in [0.15, 0.2) is 11.5 Å². The fourth-order valence-electron chi connectivity index (χ4n) is 3.86. The summed E-state index contributed by atoms with van der Waals surface area (Å²) in [5.41, 5.74) is 2.37. The number of nitrogens with one attached hydrogen (secondary N) is 1. The second-order valence-electron chi connectivity index (χ2n) is 7.75. The lowest BCUT2D eigenvalue weighted by molar-refractivity contribution is 0.204. The average Bonchev–Trinajstić information content (AvgIpc) is 3.28. The van der Waals surface area contributed by atoms with Gasteiger partial charge in [-0.05, 0) is 43.2 Å². The molecule has 4 rings (SSSR count). The van der Waals surface area contributed by atoms with E-state index < -0.39 is 11.9 Å². The van der Waals surface area contributed by atoms with Crippen LogP contribution < -0.4 is 10.1 Å². The van der Waals surface area contributed by atoms with E-state index in [0.717, 1.165) is 12.8 Å². The molecule has 2 amide bonds. The van der Waals surface area contributed by atoms with Gasteiger partial charge in [0.1, 0.15) is 5.82 Å². The lowest BCUT2D eigenvalue weighted by atomic mass is 9.94. The first-order valence-corrected chi connectivity index (χ1v) is 10.7. The maximum Gasteiger partial charge on any atom is 0.322 e. The number of phenolic OH excluding ortho intramolecular Hbond substituents is 1. The number of amides is 2. The van der Waals surface area contributed by atoms with Crippen molar-refractivity contribution in [1.29, 1.82) is 0 Å². The number of hydrogen-bond donors (Lipinski definition) is 2. The fraction of sp³-hybridized carbons (Fsp3) is 0.292. The molecule has 1 aliphatic heterocycles. The zero-order valence-electron chi connectivity index (χ0n) is 18.6. The van der Waals surface area contributed by atoms with Crippen LogP contribution in [0.15, 0.2) is 52.7 Å². The van der Waals surface area contributed by atoms with Gasteiger partial charge in [-0.3, -0.25) is 4.90 Å². The molecule has 2 heterocycles. The van der Waals surface area contributed by atoms with E-state index in [0.29, 0.717) is 34.7 Å². The van der Waals surface area contributed by atoms with E-state index >= 15 is 0 Å². The monoisotopic (exact) mass is 452 g/mol. The molecular formula is C24H25FN4O4. The number of aromatic nitrogens is 2. The van der Waals surface area contributed by atoms with Crippen LogP contribution in [0.1, 0.15) is 44.2 Å². The van der Waals surface area contributed by atoms with Gasteiger partial charge >= 0.3 is 6.03 Å². The standard InChI is InChI=1S/C24H25FN4O4/c1-4-5-11-29-14(2)20(23-27-22(28-33-23)16-7-6-8-17(25)12-16)21(26-24(29)31)15-9-10-19(32-3)18(30)13-15/h6-10,12-13,21,30H,4-5,11H2,1-3H3,(H,26,31). The maximum atomic E-state index is 13.7. The Balaban J connectivity index is 1.81. The number of carbonyl (C=O) groups excluding carboxylic acids is 1. The minimum Gasteiger partial charge on any atom is -0.504 e. The molecule has 0 bridgehead atoms. The number of halogens is 1. The van der Waals surface area contributed by atoms with Crippen LogP contribution >= 0.6 is 0 Å². The molecule has 1 atom stereocenters. The van der Waals surface area contributed by atoms with Crippen LogP contribution in [0.4, 0.5) is 9.18 Å². The van der Waals surface area contributed by atoms with E-state index in [4.69, 9.17) is 9.26 Å². The Morgan fingerprint density at radius 1 is 1.27 bits per heavy atom. The largest absolute Gasteiger partial charge is 0.504 e. The summed E-state index contributed by atoms with van der Waals surface area (Å²) in [6.45, 7) is 4.41. The van der Waals surface area contributed by atoms with E-state index in [2.05, 4.69) is 15.5 Å². The number of ether oxygens (including phenoxy) is 1. The number of benzene rings is 2. The van der Waals surface area contributed by atoms with Crippen molar-refractivity contribution in [3.63, 3.8) is 0 Å². The van der Waals surface area contributed by atoms with Crippen molar-refractivity contribution in [2.24, 2.45) is 0 Å². The Hall–Kier alpha value is -3.88. The molecule has 1 aliphatic rings. The van der Waals surface area contributed by atoms with Crippen LogP contribution in [0.5, 0.6) is 11.5 Å². The van der Waals surface area contributed by atoms with Crippen LogP contribution in [0, 0.1) is 5.82 Å². The topological polar surface area (TPSA) is 101 Å². The van der Waals surface area contributed by atoms with Gasteiger partial charge in [-0.15, -0.1) is 0 Å². The van der Waals surface area contributed by atoms with Crippen molar-refractivity contribution in [2.75, 3.05) is 13.7 Å². The number of unbranched alkanes of at least 4 members (excludes halogenated alkanes) is 1.